The first-order valence-corrected chi connectivity index (χ1v) is 6.92. The van der Waals surface area contributed by atoms with Crippen molar-refractivity contribution in [1.29, 1.82) is 0 Å². The molecule has 0 atom stereocenters. The lowest BCUT2D eigenvalue weighted by Crippen LogP contribution is -2.12. The van der Waals surface area contributed by atoms with E-state index in [0.717, 1.165) is 12.7 Å². The number of hydrogen-bond acceptors (Lipinski definition) is 3. The molecule has 1 aromatic rings. The molecule has 3 nitrogen and oxygen atoms in total. The summed E-state index contributed by atoms with van der Waals surface area (Å²) in [7, 11) is 0. The van der Waals surface area contributed by atoms with Gasteiger partial charge in [-0.1, -0.05) is 0 Å². The van der Waals surface area contributed by atoms with Crippen LogP contribution < -0.4 is 0 Å². The molecule has 0 heterocycles. The molecule has 5 heteroatoms. The summed E-state index contributed by atoms with van der Waals surface area (Å²) in [6.07, 6.45) is 0. The smallest absolute Gasteiger partial charge is 0.341 e. The number of esters is 1. The van der Waals surface area contributed by atoms with E-state index in [4.69, 9.17) is 9.47 Å². The van der Waals surface area contributed by atoms with Crippen LogP contribution in [0.1, 0.15) is 22.8 Å². The van der Waals surface area contributed by atoms with Crippen LogP contribution in [0.2, 0.25) is 0 Å². The Labute approximate surface area is 122 Å². The highest BCUT2D eigenvalue weighted by Crippen LogP contribution is 2.21. The Morgan fingerprint density at radius 1 is 1.38 bits per heavy atom. The second-order valence-corrected chi connectivity index (χ2v) is 5.53. The number of rotatable bonds is 4. The molecule has 0 saturated heterocycles. The van der Waals surface area contributed by atoms with E-state index >= 15 is 0 Å². The average Bonchev–Trinajstić information content (AvgIpc) is 2.16. The zero-order valence-electron chi connectivity index (χ0n) is 9.05. The van der Waals surface area contributed by atoms with Crippen LogP contribution in [0.3, 0.4) is 0 Å². The van der Waals surface area contributed by atoms with Gasteiger partial charge in [0.25, 0.3) is 0 Å². The highest BCUT2D eigenvalue weighted by atomic mass is 127. The molecule has 0 unspecified atom stereocenters. The van der Waals surface area contributed by atoms with Crippen molar-refractivity contribution in [3.63, 3.8) is 0 Å². The fourth-order valence-corrected chi connectivity index (χ4v) is 3.57. The van der Waals surface area contributed by atoms with Gasteiger partial charge < -0.3 is 9.47 Å². The zero-order chi connectivity index (χ0) is 12.1. The van der Waals surface area contributed by atoms with Gasteiger partial charge in [0.05, 0.1) is 5.56 Å². The SMILES string of the molecule is CCOCOC(=O)c1c(C)cc(I)cc1I. The minimum Gasteiger partial charge on any atom is -0.435 e. The maximum absolute atomic E-state index is 11.8. The molecule has 0 aliphatic heterocycles. The van der Waals surface area contributed by atoms with Crippen LogP contribution in [0.15, 0.2) is 12.1 Å². The molecule has 88 valence electrons. The third-order valence-corrected chi connectivity index (χ3v) is 3.41. The predicted octanol–water partition coefficient (Wildman–Crippen LogP) is 3.36. The first-order chi connectivity index (χ1) is 7.56. The van der Waals surface area contributed by atoms with Gasteiger partial charge in [-0.15, -0.1) is 0 Å². The van der Waals surface area contributed by atoms with Crippen molar-refractivity contribution >= 4 is 51.2 Å². The van der Waals surface area contributed by atoms with Gasteiger partial charge in [0.15, 0.2) is 6.79 Å². The van der Waals surface area contributed by atoms with Crippen LogP contribution in [-0.4, -0.2) is 19.4 Å². The van der Waals surface area contributed by atoms with Crippen molar-refractivity contribution in [2.75, 3.05) is 13.4 Å². The molecule has 0 fully saturated rings. The summed E-state index contributed by atoms with van der Waals surface area (Å²) < 4.78 is 12.0. The van der Waals surface area contributed by atoms with E-state index in [1.165, 1.54) is 0 Å². The van der Waals surface area contributed by atoms with E-state index in [1.54, 1.807) is 0 Å². The van der Waals surface area contributed by atoms with Crippen molar-refractivity contribution in [2.24, 2.45) is 0 Å². The summed E-state index contributed by atoms with van der Waals surface area (Å²) >= 11 is 4.37. The number of carbonyl (C=O) groups excluding carboxylic acids is 1. The van der Waals surface area contributed by atoms with E-state index < -0.39 is 0 Å². The van der Waals surface area contributed by atoms with Crippen LogP contribution in [0, 0.1) is 14.1 Å². The monoisotopic (exact) mass is 446 g/mol. The number of hydrogen-bond donors (Lipinski definition) is 0. The number of halogens is 2. The first-order valence-electron chi connectivity index (χ1n) is 4.76. The Kier molecular flexibility index (Phi) is 5.98. The average molecular weight is 446 g/mol. The Morgan fingerprint density at radius 3 is 2.62 bits per heavy atom. The molecule has 0 radical (unpaired) electrons. The van der Waals surface area contributed by atoms with E-state index in [9.17, 15) is 4.79 Å². The lowest BCUT2D eigenvalue weighted by molar-refractivity contribution is -0.0275. The molecular formula is C11H12I2O3. The summed E-state index contributed by atoms with van der Waals surface area (Å²) in [6.45, 7) is 4.31. The molecule has 0 bridgehead atoms. The standard InChI is InChI=1S/C11H12I2O3/c1-3-15-6-16-11(14)10-7(2)4-8(12)5-9(10)13/h4-5H,3,6H2,1-2H3. The Balaban J connectivity index is 2.83. The van der Waals surface area contributed by atoms with Gasteiger partial charge in [0, 0.05) is 13.7 Å². The molecule has 0 spiro atoms. The largest absolute Gasteiger partial charge is 0.435 e. The quantitative estimate of drug-likeness (QED) is 0.308. The number of carbonyl (C=O) groups is 1. The van der Waals surface area contributed by atoms with Crippen molar-refractivity contribution in [2.45, 2.75) is 13.8 Å². The molecule has 16 heavy (non-hydrogen) atoms. The van der Waals surface area contributed by atoms with Gasteiger partial charge >= 0.3 is 5.97 Å². The number of ether oxygens (including phenoxy) is 2. The molecule has 1 rings (SSSR count). The molecule has 0 aliphatic carbocycles. The molecule has 0 aliphatic rings. The molecule has 0 saturated carbocycles. The summed E-state index contributed by atoms with van der Waals surface area (Å²) in [4.78, 5) is 11.8. The van der Waals surface area contributed by atoms with Crippen LogP contribution in [0.4, 0.5) is 0 Å². The summed E-state index contributed by atoms with van der Waals surface area (Å²) in [5.41, 5.74) is 1.55. The first kappa shape index (κ1) is 14.2. The van der Waals surface area contributed by atoms with E-state index in [-0.39, 0.29) is 12.8 Å². The van der Waals surface area contributed by atoms with E-state index in [2.05, 4.69) is 45.2 Å². The molecule has 1 aromatic carbocycles. The number of aryl methyl sites for hydroxylation is 1. The molecule has 0 amide bonds. The van der Waals surface area contributed by atoms with Gasteiger partial charge in [-0.2, -0.15) is 0 Å². The summed E-state index contributed by atoms with van der Waals surface area (Å²) in [6, 6.07) is 3.91. The lowest BCUT2D eigenvalue weighted by atomic mass is 10.1. The fraction of sp³-hybridized carbons (Fsp3) is 0.364. The highest BCUT2D eigenvalue weighted by molar-refractivity contribution is 14.1. The Hall–Kier alpha value is 0.110. The maximum atomic E-state index is 11.8. The fourth-order valence-electron chi connectivity index (χ4n) is 1.21. The Morgan fingerprint density at radius 2 is 2.06 bits per heavy atom. The van der Waals surface area contributed by atoms with Crippen molar-refractivity contribution in [3.8, 4) is 0 Å². The van der Waals surface area contributed by atoms with Gasteiger partial charge in [0.1, 0.15) is 0 Å². The van der Waals surface area contributed by atoms with Crippen LogP contribution >= 0.6 is 45.2 Å². The second-order valence-electron chi connectivity index (χ2n) is 3.12. The van der Waals surface area contributed by atoms with Crippen molar-refractivity contribution in [3.05, 3.63) is 30.4 Å². The summed E-state index contributed by atoms with van der Waals surface area (Å²) in [5.74, 6) is -0.327. The van der Waals surface area contributed by atoms with Crippen LogP contribution in [0.5, 0.6) is 0 Å². The highest BCUT2D eigenvalue weighted by Gasteiger charge is 2.15. The minimum atomic E-state index is -0.327. The third-order valence-electron chi connectivity index (χ3n) is 1.93. The minimum absolute atomic E-state index is 0.0108. The Bertz CT molecular complexity index is 368. The van der Waals surface area contributed by atoms with Crippen LogP contribution in [0.25, 0.3) is 0 Å². The van der Waals surface area contributed by atoms with Gasteiger partial charge in [-0.25, -0.2) is 4.79 Å². The number of benzene rings is 1. The van der Waals surface area contributed by atoms with Gasteiger partial charge in [-0.05, 0) is 76.7 Å². The maximum Gasteiger partial charge on any atom is 0.341 e. The topological polar surface area (TPSA) is 35.5 Å². The van der Waals surface area contributed by atoms with Crippen molar-refractivity contribution < 1.29 is 14.3 Å². The normalized spacial score (nSPS) is 10.2. The molecule has 0 aromatic heterocycles. The van der Waals surface area contributed by atoms with Gasteiger partial charge in [0.2, 0.25) is 0 Å². The zero-order valence-corrected chi connectivity index (χ0v) is 13.4. The van der Waals surface area contributed by atoms with Crippen LogP contribution in [-0.2, 0) is 9.47 Å². The molecular weight excluding hydrogens is 434 g/mol. The summed E-state index contributed by atoms with van der Waals surface area (Å²) in [5, 5.41) is 0. The lowest BCUT2D eigenvalue weighted by Gasteiger charge is -2.09. The van der Waals surface area contributed by atoms with Gasteiger partial charge in [-0.3, -0.25) is 0 Å². The van der Waals surface area contributed by atoms with Crippen molar-refractivity contribution in [1.82, 2.24) is 0 Å². The molecule has 0 N–H and O–H groups in total. The van der Waals surface area contributed by atoms with E-state index in [1.807, 2.05) is 26.0 Å². The third kappa shape index (κ3) is 3.85. The van der Waals surface area contributed by atoms with E-state index in [0.29, 0.717) is 12.2 Å². The predicted molar refractivity (Wildman–Crippen MR) is 78.5 cm³/mol. The second kappa shape index (κ2) is 6.75.